The molecule has 6 nitrogen and oxygen atoms in total. The molecule has 98 valence electrons. The van der Waals surface area contributed by atoms with Crippen LogP contribution in [0.5, 0.6) is 0 Å². The first-order valence-electron chi connectivity index (χ1n) is 5.72. The third-order valence-electron chi connectivity index (χ3n) is 2.88. The summed E-state index contributed by atoms with van der Waals surface area (Å²) in [6.07, 6.45) is 1.02. The van der Waals surface area contributed by atoms with Gasteiger partial charge in [-0.05, 0) is 25.0 Å². The average Bonchev–Trinajstić information content (AvgIpc) is 2.38. The molecule has 0 radical (unpaired) electrons. The van der Waals surface area contributed by atoms with Crippen LogP contribution in [0.1, 0.15) is 23.3 Å². The molecule has 4 N–H and O–H groups in total. The van der Waals surface area contributed by atoms with Crippen molar-refractivity contribution in [2.75, 3.05) is 18.5 Å². The second-order valence-electron chi connectivity index (χ2n) is 4.22. The van der Waals surface area contributed by atoms with Gasteiger partial charge in [-0.2, -0.15) is 0 Å². The van der Waals surface area contributed by atoms with Gasteiger partial charge in [-0.25, -0.2) is 10.8 Å². The molecule has 1 amide bonds. The Balaban J connectivity index is 2.22. The summed E-state index contributed by atoms with van der Waals surface area (Å²) in [6, 6.07) is 3.15. The third kappa shape index (κ3) is 2.72. The number of halogens is 1. The summed E-state index contributed by atoms with van der Waals surface area (Å²) >= 11 is 5.96. The number of β-amino-alcohol motifs (C(OH)–C–C–N with tert-alkyl or cyclic N) is 1. The first-order chi connectivity index (χ1) is 8.61. The number of piperidine rings is 1. The Hall–Kier alpha value is -1.37. The maximum atomic E-state index is 12.2. The number of nitrogen functional groups attached to an aromatic ring is 1. The molecule has 0 bridgehead atoms. The summed E-state index contributed by atoms with van der Waals surface area (Å²) in [5.41, 5.74) is 2.53. The number of nitrogens with two attached hydrogens (primary N) is 1. The molecular formula is C11H15ClN4O2. The number of amides is 1. The molecule has 1 atom stereocenters. The summed E-state index contributed by atoms with van der Waals surface area (Å²) in [6.45, 7) is 0.922. The van der Waals surface area contributed by atoms with E-state index in [0.29, 0.717) is 18.9 Å². The highest BCUT2D eigenvalue weighted by Crippen LogP contribution is 2.20. The van der Waals surface area contributed by atoms with Crippen LogP contribution in [0.4, 0.5) is 5.82 Å². The predicted octanol–water partition coefficient (Wildman–Crippen LogP) is 0.617. The number of hydrogen-bond acceptors (Lipinski definition) is 5. The van der Waals surface area contributed by atoms with Crippen LogP contribution in [-0.4, -0.2) is 40.1 Å². The maximum absolute atomic E-state index is 12.2. The lowest BCUT2D eigenvalue weighted by Gasteiger charge is -2.30. The number of anilines is 1. The minimum Gasteiger partial charge on any atom is -0.391 e. The number of pyridine rings is 1. The number of aliphatic hydroxyl groups is 1. The van der Waals surface area contributed by atoms with Crippen molar-refractivity contribution in [2.24, 2.45) is 5.84 Å². The molecule has 1 aromatic rings. The minimum atomic E-state index is -0.475. The van der Waals surface area contributed by atoms with Crippen molar-refractivity contribution in [1.82, 2.24) is 9.88 Å². The first kappa shape index (κ1) is 13.1. The number of hydrazine groups is 1. The normalized spacial score (nSPS) is 19.7. The van der Waals surface area contributed by atoms with E-state index in [0.717, 1.165) is 12.8 Å². The fourth-order valence-electron chi connectivity index (χ4n) is 1.96. The lowest BCUT2D eigenvalue weighted by Crippen LogP contribution is -2.42. The lowest BCUT2D eigenvalue weighted by atomic mass is 10.1. The number of carbonyl (C=O) groups is 1. The van der Waals surface area contributed by atoms with E-state index in [9.17, 15) is 9.90 Å². The van der Waals surface area contributed by atoms with Crippen LogP contribution in [0.25, 0.3) is 0 Å². The van der Waals surface area contributed by atoms with E-state index < -0.39 is 6.10 Å². The van der Waals surface area contributed by atoms with Crippen molar-refractivity contribution in [3.63, 3.8) is 0 Å². The molecule has 2 heterocycles. The number of likely N-dealkylation sites (tertiary alicyclic amines) is 1. The monoisotopic (exact) mass is 270 g/mol. The molecule has 0 aliphatic carbocycles. The number of rotatable bonds is 2. The Labute approximate surface area is 110 Å². The number of aromatic nitrogens is 1. The molecule has 1 unspecified atom stereocenters. The molecule has 0 spiro atoms. The molecule has 2 rings (SSSR count). The average molecular weight is 271 g/mol. The van der Waals surface area contributed by atoms with Gasteiger partial charge in [0.15, 0.2) is 0 Å². The Bertz CT molecular complexity index is 455. The number of nitrogens with one attached hydrogen (secondary N) is 1. The van der Waals surface area contributed by atoms with Crippen LogP contribution in [0.15, 0.2) is 12.1 Å². The van der Waals surface area contributed by atoms with Gasteiger partial charge < -0.3 is 15.4 Å². The van der Waals surface area contributed by atoms with E-state index in [1.807, 2.05) is 0 Å². The van der Waals surface area contributed by atoms with Crippen molar-refractivity contribution in [1.29, 1.82) is 0 Å². The fraction of sp³-hybridized carbons (Fsp3) is 0.455. The molecule has 0 saturated carbocycles. The van der Waals surface area contributed by atoms with Crippen molar-refractivity contribution in [3.8, 4) is 0 Å². The zero-order valence-electron chi connectivity index (χ0n) is 9.77. The van der Waals surface area contributed by atoms with E-state index in [2.05, 4.69) is 10.4 Å². The standard InChI is InChI=1S/C11H15ClN4O2/c12-8-3-4-9(15-13)14-10(8)11(18)16-5-1-2-7(17)6-16/h3-4,7,17H,1-2,5-6,13H2,(H,14,15). The number of nitrogens with zero attached hydrogens (tertiary/aromatic N) is 2. The van der Waals surface area contributed by atoms with Gasteiger partial charge in [-0.15, -0.1) is 0 Å². The fourth-order valence-corrected chi connectivity index (χ4v) is 2.15. The van der Waals surface area contributed by atoms with Gasteiger partial charge in [0.1, 0.15) is 11.5 Å². The smallest absolute Gasteiger partial charge is 0.274 e. The summed E-state index contributed by atoms with van der Waals surface area (Å²) < 4.78 is 0. The largest absolute Gasteiger partial charge is 0.391 e. The Morgan fingerprint density at radius 1 is 1.61 bits per heavy atom. The number of aliphatic hydroxyl groups excluding tert-OH is 1. The lowest BCUT2D eigenvalue weighted by molar-refractivity contribution is 0.0469. The van der Waals surface area contributed by atoms with Crippen LogP contribution in [0, 0.1) is 0 Å². The van der Waals surface area contributed by atoms with E-state index in [1.54, 1.807) is 17.0 Å². The maximum Gasteiger partial charge on any atom is 0.274 e. The van der Waals surface area contributed by atoms with Crippen molar-refractivity contribution >= 4 is 23.3 Å². The highest BCUT2D eigenvalue weighted by Gasteiger charge is 2.25. The zero-order valence-corrected chi connectivity index (χ0v) is 10.5. The first-order valence-corrected chi connectivity index (χ1v) is 6.10. The Morgan fingerprint density at radius 3 is 3.06 bits per heavy atom. The van der Waals surface area contributed by atoms with E-state index in [-0.39, 0.29) is 16.6 Å². The van der Waals surface area contributed by atoms with Gasteiger partial charge in [0.05, 0.1) is 11.1 Å². The summed E-state index contributed by atoms with van der Waals surface area (Å²) in [4.78, 5) is 17.8. The van der Waals surface area contributed by atoms with Gasteiger partial charge in [0.2, 0.25) is 0 Å². The number of carbonyl (C=O) groups excluding carboxylic acids is 1. The van der Waals surface area contributed by atoms with Gasteiger partial charge in [-0.1, -0.05) is 11.6 Å². The molecule has 18 heavy (non-hydrogen) atoms. The molecular weight excluding hydrogens is 256 g/mol. The van der Waals surface area contributed by atoms with Gasteiger partial charge in [0.25, 0.3) is 5.91 Å². The highest BCUT2D eigenvalue weighted by molar-refractivity contribution is 6.33. The van der Waals surface area contributed by atoms with Gasteiger partial charge in [0, 0.05) is 13.1 Å². The molecule has 1 aliphatic rings. The van der Waals surface area contributed by atoms with E-state index in [1.165, 1.54) is 0 Å². The second-order valence-corrected chi connectivity index (χ2v) is 4.63. The Kier molecular flexibility index (Phi) is 4.00. The van der Waals surface area contributed by atoms with Crippen molar-refractivity contribution in [3.05, 3.63) is 22.8 Å². The zero-order chi connectivity index (χ0) is 13.1. The van der Waals surface area contributed by atoms with Gasteiger partial charge in [-0.3, -0.25) is 4.79 Å². The SMILES string of the molecule is NNc1ccc(Cl)c(C(=O)N2CCCC(O)C2)n1. The van der Waals surface area contributed by atoms with Crippen LogP contribution in [0.2, 0.25) is 5.02 Å². The highest BCUT2D eigenvalue weighted by atomic mass is 35.5. The molecule has 1 saturated heterocycles. The van der Waals surface area contributed by atoms with E-state index >= 15 is 0 Å². The second kappa shape index (κ2) is 5.51. The summed E-state index contributed by atoms with van der Waals surface area (Å²) in [7, 11) is 0. The number of hydrogen-bond donors (Lipinski definition) is 3. The van der Waals surface area contributed by atoms with Gasteiger partial charge >= 0.3 is 0 Å². The van der Waals surface area contributed by atoms with Crippen LogP contribution in [0.3, 0.4) is 0 Å². The third-order valence-corrected chi connectivity index (χ3v) is 3.19. The topological polar surface area (TPSA) is 91.5 Å². The van der Waals surface area contributed by atoms with Crippen LogP contribution >= 0.6 is 11.6 Å². The summed E-state index contributed by atoms with van der Waals surface area (Å²) in [5.74, 6) is 5.34. The molecule has 1 aromatic heterocycles. The molecule has 0 aromatic carbocycles. The molecule has 1 fully saturated rings. The Morgan fingerprint density at radius 2 is 2.39 bits per heavy atom. The molecule has 7 heteroatoms. The molecule has 1 aliphatic heterocycles. The predicted molar refractivity (Wildman–Crippen MR) is 68.2 cm³/mol. The van der Waals surface area contributed by atoms with Crippen LogP contribution < -0.4 is 11.3 Å². The van der Waals surface area contributed by atoms with Crippen molar-refractivity contribution in [2.45, 2.75) is 18.9 Å². The minimum absolute atomic E-state index is 0.154. The van der Waals surface area contributed by atoms with E-state index in [4.69, 9.17) is 17.4 Å². The van der Waals surface area contributed by atoms with Crippen molar-refractivity contribution < 1.29 is 9.90 Å². The van der Waals surface area contributed by atoms with Crippen LogP contribution in [-0.2, 0) is 0 Å². The quantitative estimate of drug-likeness (QED) is 0.541. The summed E-state index contributed by atoms with van der Waals surface area (Å²) in [5, 5.41) is 9.84.